The largest absolute Gasteiger partial charge is 0.489 e. The number of fused-ring (bicyclic) bond motifs is 1. The molecule has 0 spiro atoms. The van der Waals surface area contributed by atoms with E-state index in [4.69, 9.17) is 15.2 Å². The Morgan fingerprint density at radius 3 is 2.89 bits per heavy atom. The van der Waals surface area contributed by atoms with Crippen molar-refractivity contribution in [2.75, 3.05) is 19.8 Å². The molecule has 0 bridgehead atoms. The van der Waals surface area contributed by atoms with Crippen LogP contribution in [0.4, 0.5) is 0 Å². The second kappa shape index (κ2) is 6.33. The van der Waals surface area contributed by atoms with Crippen molar-refractivity contribution < 1.29 is 9.47 Å². The van der Waals surface area contributed by atoms with Crippen LogP contribution >= 0.6 is 0 Å². The molecule has 2 aromatic rings. The molecule has 18 heavy (non-hydrogen) atoms. The SMILES string of the molecule is CCOC(CN)COc1cccc2cccnc12. The van der Waals surface area contributed by atoms with Crippen molar-refractivity contribution >= 4 is 10.9 Å². The molecule has 0 aliphatic heterocycles. The fourth-order valence-corrected chi connectivity index (χ4v) is 1.80. The summed E-state index contributed by atoms with van der Waals surface area (Å²) in [5, 5.41) is 1.07. The number of benzene rings is 1. The lowest BCUT2D eigenvalue weighted by molar-refractivity contribution is 0.0340. The highest BCUT2D eigenvalue weighted by atomic mass is 16.5. The number of pyridine rings is 1. The summed E-state index contributed by atoms with van der Waals surface area (Å²) in [6.45, 7) is 3.48. The highest BCUT2D eigenvalue weighted by Gasteiger charge is 2.09. The summed E-state index contributed by atoms with van der Waals surface area (Å²) in [4.78, 5) is 4.33. The molecule has 1 aromatic heterocycles. The number of hydrogen-bond acceptors (Lipinski definition) is 4. The fourth-order valence-electron chi connectivity index (χ4n) is 1.80. The molecule has 0 aliphatic rings. The molecule has 0 radical (unpaired) electrons. The van der Waals surface area contributed by atoms with E-state index in [1.54, 1.807) is 6.20 Å². The van der Waals surface area contributed by atoms with Gasteiger partial charge in [0.2, 0.25) is 0 Å². The average molecular weight is 246 g/mol. The summed E-state index contributed by atoms with van der Waals surface area (Å²) in [5.41, 5.74) is 6.48. The zero-order chi connectivity index (χ0) is 12.8. The molecular weight excluding hydrogens is 228 g/mol. The summed E-state index contributed by atoms with van der Waals surface area (Å²) >= 11 is 0. The highest BCUT2D eigenvalue weighted by Crippen LogP contribution is 2.22. The Bertz CT molecular complexity index is 497. The van der Waals surface area contributed by atoms with Crippen LogP contribution in [0.15, 0.2) is 36.5 Å². The molecule has 1 unspecified atom stereocenters. The van der Waals surface area contributed by atoms with Gasteiger partial charge in [-0.2, -0.15) is 0 Å². The van der Waals surface area contributed by atoms with Gasteiger partial charge in [0.25, 0.3) is 0 Å². The van der Waals surface area contributed by atoms with Crippen molar-refractivity contribution in [1.82, 2.24) is 4.98 Å². The van der Waals surface area contributed by atoms with Gasteiger partial charge in [0.1, 0.15) is 24.0 Å². The fraction of sp³-hybridized carbons (Fsp3) is 0.357. The first-order valence-corrected chi connectivity index (χ1v) is 6.13. The van der Waals surface area contributed by atoms with Gasteiger partial charge in [-0.3, -0.25) is 4.98 Å². The Morgan fingerprint density at radius 2 is 2.11 bits per heavy atom. The zero-order valence-electron chi connectivity index (χ0n) is 10.5. The monoisotopic (exact) mass is 246 g/mol. The van der Waals surface area contributed by atoms with E-state index in [9.17, 15) is 0 Å². The molecule has 2 rings (SSSR count). The molecule has 0 amide bonds. The third-order valence-corrected chi connectivity index (χ3v) is 2.69. The molecular formula is C14H18N2O2. The lowest BCUT2D eigenvalue weighted by atomic mass is 10.2. The number of hydrogen-bond donors (Lipinski definition) is 1. The maximum Gasteiger partial charge on any atom is 0.145 e. The van der Waals surface area contributed by atoms with E-state index in [0.29, 0.717) is 19.8 Å². The van der Waals surface area contributed by atoms with Gasteiger partial charge >= 0.3 is 0 Å². The average Bonchev–Trinajstić information content (AvgIpc) is 2.43. The van der Waals surface area contributed by atoms with Crippen LogP contribution in [0.3, 0.4) is 0 Å². The van der Waals surface area contributed by atoms with E-state index in [1.165, 1.54) is 0 Å². The van der Waals surface area contributed by atoms with Crippen molar-refractivity contribution in [2.24, 2.45) is 5.73 Å². The molecule has 4 nitrogen and oxygen atoms in total. The number of nitrogens with zero attached hydrogens (tertiary/aromatic N) is 1. The second-order valence-corrected chi connectivity index (χ2v) is 3.96. The van der Waals surface area contributed by atoms with Gasteiger partial charge in [-0.05, 0) is 19.1 Å². The van der Waals surface area contributed by atoms with Gasteiger partial charge < -0.3 is 15.2 Å². The summed E-state index contributed by atoms with van der Waals surface area (Å²) < 4.78 is 11.2. The Balaban J connectivity index is 2.11. The first kappa shape index (κ1) is 12.8. The van der Waals surface area contributed by atoms with E-state index in [2.05, 4.69) is 4.98 Å². The molecule has 0 saturated heterocycles. The highest BCUT2D eigenvalue weighted by molar-refractivity contribution is 5.84. The van der Waals surface area contributed by atoms with Crippen molar-refractivity contribution in [3.05, 3.63) is 36.5 Å². The summed E-state index contributed by atoms with van der Waals surface area (Å²) in [7, 11) is 0. The lowest BCUT2D eigenvalue weighted by Crippen LogP contribution is -2.30. The van der Waals surface area contributed by atoms with Crippen molar-refractivity contribution in [3.8, 4) is 5.75 Å². The quantitative estimate of drug-likeness (QED) is 0.846. The Kier molecular flexibility index (Phi) is 4.50. The van der Waals surface area contributed by atoms with Crippen molar-refractivity contribution in [3.63, 3.8) is 0 Å². The normalized spacial score (nSPS) is 12.6. The van der Waals surface area contributed by atoms with E-state index >= 15 is 0 Å². The van der Waals surface area contributed by atoms with Gasteiger partial charge in [0.05, 0.1) is 0 Å². The third kappa shape index (κ3) is 2.97. The maximum atomic E-state index is 5.76. The molecule has 1 atom stereocenters. The molecule has 0 saturated carbocycles. The molecule has 96 valence electrons. The van der Waals surface area contributed by atoms with Gasteiger partial charge in [0, 0.05) is 24.7 Å². The van der Waals surface area contributed by atoms with Crippen LogP contribution in [0, 0.1) is 0 Å². The van der Waals surface area contributed by atoms with Crippen LogP contribution in [0.1, 0.15) is 6.92 Å². The van der Waals surface area contributed by atoms with Crippen LogP contribution < -0.4 is 10.5 Å². The van der Waals surface area contributed by atoms with Crippen LogP contribution in [0.25, 0.3) is 10.9 Å². The predicted molar refractivity (Wildman–Crippen MR) is 71.7 cm³/mol. The van der Waals surface area contributed by atoms with E-state index in [-0.39, 0.29) is 6.10 Å². The van der Waals surface area contributed by atoms with Gasteiger partial charge in [-0.25, -0.2) is 0 Å². The smallest absolute Gasteiger partial charge is 0.145 e. The standard InChI is InChI=1S/C14H18N2O2/c1-2-17-12(9-15)10-18-13-7-3-5-11-6-4-8-16-14(11)13/h3-8,12H,2,9-10,15H2,1H3. The number of para-hydroxylation sites is 1. The molecule has 0 fully saturated rings. The third-order valence-electron chi connectivity index (χ3n) is 2.69. The summed E-state index contributed by atoms with van der Waals surface area (Å²) in [6.07, 6.45) is 1.69. The maximum absolute atomic E-state index is 5.76. The lowest BCUT2D eigenvalue weighted by Gasteiger charge is -2.16. The van der Waals surface area contributed by atoms with E-state index < -0.39 is 0 Å². The van der Waals surface area contributed by atoms with Gasteiger partial charge in [-0.15, -0.1) is 0 Å². The Labute approximate surface area is 107 Å². The first-order chi connectivity index (χ1) is 8.85. The molecule has 2 N–H and O–H groups in total. The number of ether oxygens (including phenoxy) is 2. The molecule has 1 aromatic carbocycles. The van der Waals surface area contributed by atoms with Crippen LogP contribution in [-0.2, 0) is 4.74 Å². The summed E-state index contributed by atoms with van der Waals surface area (Å²) in [6, 6.07) is 9.80. The molecule has 0 aliphatic carbocycles. The second-order valence-electron chi connectivity index (χ2n) is 3.96. The topological polar surface area (TPSA) is 57.4 Å². The van der Waals surface area contributed by atoms with E-state index in [0.717, 1.165) is 16.7 Å². The van der Waals surface area contributed by atoms with Gasteiger partial charge in [0.15, 0.2) is 0 Å². The molecule has 1 heterocycles. The minimum Gasteiger partial charge on any atom is -0.489 e. The van der Waals surface area contributed by atoms with Crippen LogP contribution in [0.2, 0.25) is 0 Å². The van der Waals surface area contributed by atoms with Crippen molar-refractivity contribution in [1.29, 1.82) is 0 Å². The Morgan fingerprint density at radius 1 is 1.28 bits per heavy atom. The van der Waals surface area contributed by atoms with Gasteiger partial charge in [-0.1, -0.05) is 18.2 Å². The number of nitrogens with two attached hydrogens (primary N) is 1. The minimum absolute atomic E-state index is 0.0750. The zero-order valence-corrected chi connectivity index (χ0v) is 10.5. The molecule has 4 heteroatoms. The summed E-state index contributed by atoms with van der Waals surface area (Å²) in [5.74, 6) is 0.770. The van der Waals surface area contributed by atoms with Crippen LogP contribution in [0.5, 0.6) is 5.75 Å². The minimum atomic E-state index is -0.0750. The Hall–Kier alpha value is -1.65. The first-order valence-electron chi connectivity index (χ1n) is 6.13. The van der Waals surface area contributed by atoms with Crippen LogP contribution in [-0.4, -0.2) is 30.8 Å². The van der Waals surface area contributed by atoms with Crippen molar-refractivity contribution in [2.45, 2.75) is 13.0 Å². The number of aromatic nitrogens is 1. The number of rotatable bonds is 6. The predicted octanol–water partition coefficient (Wildman–Crippen LogP) is 1.98. The van der Waals surface area contributed by atoms with E-state index in [1.807, 2.05) is 37.3 Å².